The maximum atomic E-state index is 10.0. The lowest BCUT2D eigenvalue weighted by Gasteiger charge is -1.81. The van der Waals surface area contributed by atoms with Crippen LogP contribution in [-0.2, 0) is 9.59 Å². The maximum absolute atomic E-state index is 10.0. The zero-order chi connectivity index (χ0) is 5.86. The van der Waals surface area contributed by atoms with Crippen molar-refractivity contribution in [3.05, 3.63) is 0 Å². The summed E-state index contributed by atoms with van der Waals surface area (Å²) in [5.74, 6) is -0.125. The molecule has 0 rings (SSSR count). The van der Waals surface area contributed by atoms with E-state index in [1.54, 1.807) is 0 Å². The molecule has 0 aliphatic rings. The Labute approximate surface area is 65.7 Å². The molecule has 0 heterocycles. The van der Waals surface area contributed by atoms with Crippen molar-refractivity contribution in [2.45, 2.75) is 20.3 Å². The summed E-state index contributed by atoms with van der Waals surface area (Å²) in [6, 6.07) is 0. The quantitative estimate of drug-likeness (QED) is 0.525. The van der Waals surface area contributed by atoms with Crippen molar-refractivity contribution < 1.29 is 9.59 Å². The molecule has 0 aromatic rings. The third-order valence-electron chi connectivity index (χ3n) is 0.498. The minimum atomic E-state index is -0.0625. The van der Waals surface area contributed by atoms with Crippen molar-refractivity contribution in [3.8, 4) is 0 Å². The van der Waals surface area contributed by atoms with Gasteiger partial charge in [0.15, 0.2) is 0 Å². The van der Waals surface area contributed by atoms with Crippen LogP contribution in [0, 0.1) is 0 Å². The SMILES string of the molecule is CC(=O)CC(C)=O.I. The standard InChI is InChI=1S/C5H8O2.HI/c1-4(6)3-5(2)7;/h3H2,1-2H3;1H. The number of carbonyl (C=O) groups excluding carboxylic acids is 2. The Bertz CT molecular complexity index is 86.6. The minimum Gasteiger partial charge on any atom is -0.300 e. The molecular formula is C5H9IO2. The number of rotatable bonds is 2. The molecule has 0 unspecified atom stereocenters. The van der Waals surface area contributed by atoms with Gasteiger partial charge >= 0.3 is 0 Å². The molecule has 0 bridgehead atoms. The van der Waals surface area contributed by atoms with Gasteiger partial charge in [-0.05, 0) is 13.8 Å². The van der Waals surface area contributed by atoms with Gasteiger partial charge in [-0.15, -0.1) is 24.0 Å². The summed E-state index contributed by atoms with van der Waals surface area (Å²) >= 11 is 0. The van der Waals surface area contributed by atoms with Crippen molar-refractivity contribution in [3.63, 3.8) is 0 Å². The Morgan fingerprint density at radius 3 is 1.38 bits per heavy atom. The van der Waals surface area contributed by atoms with Gasteiger partial charge in [0, 0.05) is 0 Å². The van der Waals surface area contributed by atoms with Crippen LogP contribution in [-0.4, -0.2) is 11.6 Å². The van der Waals surface area contributed by atoms with Crippen LogP contribution in [0.25, 0.3) is 0 Å². The van der Waals surface area contributed by atoms with Gasteiger partial charge in [0.2, 0.25) is 0 Å². The zero-order valence-electron chi connectivity index (χ0n) is 4.93. The van der Waals surface area contributed by atoms with Crippen LogP contribution in [0.1, 0.15) is 20.3 Å². The summed E-state index contributed by atoms with van der Waals surface area (Å²) in [7, 11) is 0. The highest BCUT2D eigenvalue weighted by molar-refractivity contribution is 14.0. The van der Waals surface area contributed by atoms with E-state index in [9.17, 15) is 9.59 Å². The molecule has 8 heavy (non-hydrogen) atoms. The fourth-order valence-corrected chi connectivity index (χ4v) is 0.351. The molecule has 2 nitrogen and oxygen atoms in total. The lowest BCUT2D eigenvalue weighted by Crippen LogP contribution is -1.97. The van der Waals surface area contributed by atoms with E-state index in [0.29, 0.717) is 0 Å². The molecule has 0 aliphatic heterocycles. The average Bonchev–Trinajstić information content (AvgIpc) is 1.27. The lowest BCUT2D eigenvalue weighted by atomic mass is 10.2. The Balaban J connectivity index is 0. The summed E-state index contributed by atoms with van der Waals surface area (Å²) in [6.45, 7) is 2.81. The van der Waals surface area contributed by atoms with Crippen molar-refractivity contribution in [1.82, 2.24) is 0 Å². The number of carbonyl (C=O) groups is 2. The summed E-state index contributed by atoms with van der Waals surface area (Å²) in [6.07, 6.45) is 0.0833. The van der Waals surface area contributed by atoms with E-state index < -0.39 is 0 Å². The van der Waals surface area contributed by atoms with Gasteiger partial charge in [-0.3, -0.25) is 9.59 Å². The molecule has 0 aromatic heterocycles. The van der Waals surface area contributed by atoms with E-state index in [1.807, 2.05) is 0 Å². The summed E-state index contributed by atoms with van der Waals surface area (Å²) < 4.78 is 0. The monoisotopic (exact) mass is 228 g/mol. The molecule has 0 N–H and O–H groups in total. The van der Waals surface area contributed by atoms with E-state index in [-0.39, 0.29) is 42.0 Å². The van der Waals surface area contributed by atoms with Crippen molar-refractivity contribution in [2.24, 2.45) is 0 Å². The summed E-state index contributed by atoms with van der Waals surface area (Å²) in [5.41, 5.74) is 0. The van der Waals surface area contributed by atoms with Gasteiger partial charge in [-0.25, -0.2) is 0 Å². The van der Waals surface area contributed by atoms with Gasteiger partial charge in [-0.1, -0.05) is 0 Å². The first kappa shape index (κ1) is 10.9. The highest BCUT2D eigenvalue weighted by Gasteiger charge is 1.94. The molecule has 0 aliphatic carbocycles. The van der Waals surface area contributed by atoms with E-state index >= 15 is 0 Å². The smallest absolute Gasteiger partial charge is 0.137 e. The molecule has 0 radical (unpaired) electrons. The Kier molecular flexibility index (Phi) is 7.13. The van der Waals surface area contributed by atoms with Gasteiger partial charge in [0.1, 0.15) is 11.6 Å². The van der Waals surface area contributed by atoms with E-state index in [4.69, 9.17) is 0 Å². The van der Waals surface area contributed by atoms with E-state index in [1.165, 1.54) is 13.8 Å². The molecule has 0 saturated carbocycles. The molecule has 0 aromatic carbocycles. The molecule has 0 fully saturated rings. The second-order valence-electron chi connectivity index (χ2n) is 1.58. The molecule has 0 saturated heterocycles. The summed E-state index contributed by atoms with van der Waals surface area (Å²) in [4.78, 5) is 20.1. The number of halogens is 1. The first-order valence-electron chi connectivity index (χ1n) is 2.12. The van der Waals surface area contributed by atoms with Crippen LogP contribution in [0.2, 0.25) is 0 Å². The maximum Gasteiger partial charge on any atom is 0.137 e. The molecular weight excluding hydrogens is 219 g/mol. The Morgan fingerprint density at radius 1 is 1.12 bits per heavy atom. The molecule has 0 spiro atoms. The topological polar surface area (TPSA) is 34.1 Å². The van der Waals surface area contributed by atoms with Gasteiger partial charge in [0.05, 0.1) is 6.42 Å². The molecule has 0 amide bonds. The second kappa shape index (κ2) is 5.21. The predicted octanol–water partition coefficient (Wildman–Crippen LogP) is 1.17. The van der Waals surface area contributed by atoms with E-state index in [2.05, 4.69) is 0 Å². The normalized spacial score (nSPS) is 7.25. The first-order valence-corrected chi connectivity index (χ1v) is 2.12. The summed E-state index contributed by atoms with van der Waals surface area (Å²) in [5, 5.41) is 0. The number of hydrogen-bond donors (Lipinski definition) is 0. The average molecular weight is 228 g/mol. The van der Waals surface area contributed by atoms with Crippen molar-refractivity contribution in [2.75, 3.05) is 0 Å². The highest BCUT2D eigenvalue weighted by atomic mass is 127. The fraction of sp³-hybridized carbons (Fsp3) is 0.600. The first-order chi connectivity index (χ1) is 3.13. The van der Waals surface area contributed by atoms with E-state index in [0.717, 1.165) is 0 Å². The number of hydrogen-bond acceptors (Lipinski definition) is 2. The third kappa shape index (κ3) is 9.42. The van der Waals surface area contributed by atoms with Crippen LogP contribution in [0.3, 0.4) is 0 Å². The van der Waals surface area contributed by atoms with Crippen LogP contribution in [0.15, 0.2) is 0 Å². The highest BCUT2D eigenvalue weighted by Crippen LogP contribution is 1.80. The fourth-order valence-electron chi connectivity index (χ4n) is 0.351. The predicted molar refractivity (Wildman–Crippen MR) is 41.4 cm³/mol. The van der Waals surface area contributed by atoms with Crippen LogP contribution < -0.4 is 0 Å². The van der Waals surface area contributed by atoms with Crippen LogP contribution >= 0.6 is 24.0 Å². The van der Waals surface area contributed by atoms with Crippen molar-refractivity contribution >= 4 is 35.5 Å². The second-order valence-corrected chi connectivity index (χ2v) is 1.58. The van der Waals surface area contributed by atoms with Gasteiger partial charge < -0.3 is 0 Å². The van der Waals surface area contributed by atoms with Gasteiger partial charge in [0.25, 0.3) is 0 Å². The Hall–Kier alpha value is 0.0700. The van der Waals surface area contributed by atoms with Crippen LogP contribution in [0.4, 0.5) is 0 Å². The number of Topliss-reactive ketones (excluding diaryl/α,β-unsaturated/α-hetero) is 2. The van der Waals surface area contributed by atoms with Crippen LogP contribution in [0.5, 0.6) is 0 Å². The largest absolute Gasteiger partial charge is 0.300 e. The third-order valence-corrected chi connectivity index (χ3v) is 0.498. The minimum absolute atomic E-state index is 0. The van der Waals surface area contributed by atoms with Crippen molar-refractivity contribution in [1.29, 1.82) is 0 Å². The molecule has 3 heteroatoms. The molecule has 0 atom stereocenters. The molecule has 48 valence electrons. The Morgan fingerprint density at radius 2 is 1.38 bits per heavy atom. The van der Waals surface area contributed by atoms with Gasteiger partial charge in [-0.2, -0.15) is 0 Å². The lowest BCUT2D eigenvalue weighted by molar-refractivity contribution is -0.124. The zero-order valence-corrected chi connectivity index (χ0v) is 7.26. The number of ketones is 2.